The van der Waals surface area contributed by atoms with E-state index in [9.17, 15) is 9.59 Å². The predicted octanol–water partition coefficient (Wildman–Crippen LogP) is 6.28. The van der Waals surface area contributed by atoms with Gasteiger partial charge in [0.25, 0.3) is 0 Å². The Bertz CT molecular complexity index is 1380. The van der Waals surface area contributed by atoms with Crippen LogP contribution in [0.5, 0.6) is 0 Å². The third kappa shape index (κ3) is 7.09. The Kier molecular flexibility index (Phi) is 9.43. The molecule has 0 N–H and O–H groups in total. The molecule has 0 aliphatic heterocycles. The number of nitrogens with zero attached hydrogens (tertiary/aromatic N) is 3. The first kappa shape index (κ1) is 27.5. The topological polar surface area (TPSA) is 81.6 Å². The molecule has 1 unspecified atom stereocenters. The number of rotatable bonds is 11. The normalized spacial score (nSPS) is 12.2. The standard InChI is InChI=1S/C31H28ClN3O4/c1-3-38-22(2)29(25-14-8-5-9-15-25)39-31(37)28(24-12-6-4-7-13-24)30(36)35(27-16-10-11-19-33-27)21-23-17-18-26(32)34-20-23/h4-20,28-29H,2-3,21H2,1H3/t28?,29-/m0/s1. The number of hydrogen-bond acceptors (Lipinski definition) is 6. The summed E-state index contributed by atoms with van der Waals surface area (Å²) < 4.78 is 11.6. The van der Waals surface area contributed by atoms with E-state index < -0.39 is 23.9 Å². The van der Waals surface area contributed by atoms with E-state index in [1.54, 1.807) is 67.0 Å². The van der Waals surface area contributed by atoms with Crippen LogP contribution in [0.3, 0.4) is 0 Å². The molecule has 198 valence electrons. The second kappa shape index (κ2) is 13.3. The molecule has 0 bridgehead atoms. The molecule has 0 saturated carbocycles. The molecule has 39 heavy (non-hydrogen) atoms. The maximum absolute atomic E-state index is 14.3. The van der Waals surface area contributed by atoms with Crippen LogP contribution in [-0.2, 0) is 25.6 Å². The summed E-state index contributed by atoms with van der Waals surface area (Å²) in [6.45, 7) is 6.26. The number of halogens is 1. The van der Waals surface area contributed by atoms with E-state index in [1.165, 1.54) is 4.90 Å². The van der Waals surface area contributed by atoms with E-state index in [4.69, 9.17) is 21.1 Å². The monoisotopic (exact) mass is 541 g/mol. The van der Waals surface area contributed by atoms with Crippen molar-refractivity contribution in [2.75, 3.05) is 11.5 Å². The van der Waals surface area contributed by atoms with E-state index in [2.05, 4.69) is 16.5 Å². The molecule has 2 aromatic carbocycles. The summed E-state index contributed by atoms with van der Waals surface area (Å²) in [5, 5.41) is 0.335. The summed E-state index contributed by atoms with van der Waals surface area (Å²) in [5.74, 6) is -1.88. The number of benzene rings is 2. The SMILES string of the molecule is C=C(OCC)[C@H](OC(=O)C(C(=O)N(Cc1ccc(Cl)nc1)c1ccccn1)c1ccccc1)c1ccccc1. The first-order chi connectivity index (χ1) is 19.0. The fourth-order valence-corrected chi connectivity index (χ4v) is 4.15. The molecule has 2 heterocycles. The molecule has 8 heteroatoms. The molecule has 0 saturated heterocycles. The number of esters is 1. The first-order valence-corrected chi connectivity index (χ1v) is 12.8. The van der Waals surface area contributed by atoms with Gasteiger partial charge in [-0.1, -0.05) is 91.0 Å². The zero-order valence-corrected chi connectivity index (χ0v) is 22.2. The first-order valence-electron chi connectivity index (χ1n) is 12.4. The van der Waals surface area contributed by atoms with Crippen molar-refractivity contribution in [3.8, 4) is 0 Å². The molecule has 2 atom stereocenters. The molecule has 1 amide bonds. The Balaban J connectivity index is 1.73. The highest BCUT2D eigenvalue weighted by molar-refractivity contribution is 6.29. The van der Waals surface area contributed by atoms with Crippen LogP contribution in [0.4, 0.5) is 5.82 Å². The zero-order chi connectivity index (χ0) is 27.6. The zero-order valence-electron chi connectivity index (χ0n) is 21.4. The van der Waals surface area contributed by atoms with Gasteiger partial charge >= 0.3 is 5.97 Å². The van der Waals surface area contributed by atoms with Crippen molar-refractivity contribution >= 4 is 29.3 Å². The lowest BCUT2D eigenvalue weighted by Crippen LogP contribution is -2.39. The van der Waals surface area contributed by atoms with Crippen molar-refractivity contribution in [1.82, 2.24) is 9.97 Å². The van der Waals surface area contributed by atoms with Crippen molar-refractivity contribution in [3.63, 3.8) is 0 Å². The van der Waals surface area contributed by atoms with Crippen LogP contribution < -0.4 is 4.90 Å². The molecule has 0 aliphatic carbocycles. The molecule has 0 aliphatic rings. The van der Waals surface area contributed by atoms with Gasteiger partial charge in [-0.05, 0) is 36.2 Å². The quantitative estimate of drug-likeness (QED) is 0.0961. The summed E-state index contributed by atoms with van der Waals surface area (Å²) >= 11 is 5.96. The minimum Gasteiger partial charge on any atom is -0.495 e. The third-order valence-corrected chi connectivity index (χ3v) is 6.12. The Morgan fingerprint density at radius 3 is 2.15 bits per heavy atom. The number of hydrogen-bond donors (Lipinski definition) is 0. The summed E-state index contributed by atoms with van der Waals surface area (Å²) in [6, 6.07) is 26.6. The van der Waals surface area contributed by atoms with Crippen molar-refractivity contribution in [3.05, 3.63) is 138 Å². The van der Waals surface area contributed by atoms with Crippen molar-refractivity contribution in [1.29, 1.82) is 0 Å². The minimum atomic E-state index is -1.28. The van der Waals surface area contributed by atoms with Gasteiger partial charge in [0.2, 0.25) is 5.91 Å². The lowest BCUT2D eigenvalue weighted by atomic mass is 9.97. The summed E-state index contributed by atoms with van der Waals surface area (Å²) in [6.07, 6.45) is 2.27. The highest BCUT2D eigenvalue weighted by atomic mass is 35.5. The Morgan fingerprint density at radius 2 is 1.56 bits per heavy atom. The fraction of sp³-hybridized carbons (Fsp3) is 0.161. The van der Waals surface area contributed by atoms with Gasteiger partial charge in [-0.25, -0.2) is 9.97 Å². The highest BCUT2D eigenvalue weighted by Crippen LogP contribution is 2.31. The van der Waals surface area contributed by atoms with Crippen LogP contribution in [0, 0.1) is 0 Å². The van der Waals surface area contributed by atoms with Crippen molar-refractivity contribution in [2.45, 2.75) is 25.5 Å². The second-order valence-electron chi connectivity index (χ2n) is 8.57. The number of carbonyl (C=O) groups excluding carboxylic acids is 2. The van der Waals surface area contributed by atoms with Crippen LogP contribution in [0.2, 0.25) is 5.15 Å². The average Bonchev–Trinajstić information content (AvgIpc) is 2.97. The van der Waals surface area contributed by atoms with Gasteiger partial charge in [-0.2, -0.15) is 0 Å². The van der Waals surface area contributed by atoms with Gasteiger partial charge in [0, 0.05) is 18.0 Å². The Labute approximate surface area is 232 Å². The van der Waals surface area contributed by atoms with E-state index in [-0.39, 0.29) is 12.3 Å². The van der Waals surface area contributed by atoms with Gasteiger partial charge in [0.05, 0.1) is 13.2 Å². The van der Waals surface area contributed by atoms with Crippen LogP contribution in [0.1, 0.15) is 35.6 Å². The van der Waals surface area contributed by atoms with Crippen LogP contribution >= 0.6 is 11.6 Å². The third-order valence-electron chi connectivity index (χ3n) is 5.90. The van der Waals surface area contributed by atoms with Crippen LogP contribution in [-0.4, -0.2) is 28.5 Å². The van der Waals surface area contributed by atoms with E-state index in [1.807, 2.05) is 43.3 Å². The van der Waals surface area contributed by atoms with Crippen molar-refractivity contribution in [2.24, 2.45) is 0 Å². The van der Waals surface area contributed by atoms with Gasteiger partial charge in [0.15, 0.2) is 12.0 Å². The molecule has 0 spiro atoms. The number of anilines is 1. The molecule has 7 nitrogen and oxygen atoms in total. The molecule has 4 rings (SSSR count). The number of ether oxygens (including phenoxy) is 2. The largest absolute Gasteiger partial charge is 0.495 e. The lowest BCUT2D eigenvalue weighted by molar-refractivity contribution is -0.153. The number of aromatic nitrogens is 2. The maximum atomic E-state index is 14.3. The molecule has 0 radical (unpaired) electrons. The molecular formula is C31H28ClN3O4. The predicted molar refractivity (Wildman–Crippen MR) is 150 cm³/mol. The van der Waals surface area contributed by atoms with Gasteiger partial charge in [-0.3, -0.25) is 14.5 Å². The number of pyridine rings is 2. The summed E-state index contributed by atoms with van der Waals surface area (Å²) in [7, 11) is 0. The van der Waals surface area contributed by atoms with Gasteiger partial charge < -0.3 is 9.47 Å². The van der Waals surface area contributed by atoms with E-state index in [0.717, 1.165) is 0 Å². The smallest absolute Gasteiger partial charge is 0.324 e. The van der Waals surface area contributed by atoms with Crippen LogP contribution in [0.25, 0.3) is 0 Å². The van der Waals surface area contributed by atoms with Gasteiger partial charge in [0.1, 0.15) is 16.7 Å². The minimum absolute atomic E-state index is 0.115. The fourth-order valence-electron chi connectivity index (χ4n) is 4.04. The lowest BCUT2D eigenvalue weighted by Gasteiger charge is -2.28. The molecule has 0 fully saturated rings. The Morgan fingerprint density at radius 1 is 0.897 bits per heavy atom. The Hall–Kier alpha value is -4.49. The second-order valence-corrected chi connectivity index (χ2v) is 8.96. The van der Waals surface area contributed by atoms with Gasteiger partial charge in [-0.15, -0.1) is 0 Å². The van der Waals surface area contributed by atoms with E-state index in [0.29, 0.717) is 34.3 Å². The molecule has 4 aromatic rings. The maximum Gasteiger partial charge on any atom is 0.324 e. The number of carbonyl (C=O) groups is 2. The average molecular weight is 542 g/mol. The van der Waals surface area contributed by atoms with Crippen molar-refractivity contribution < 1.29 is 19.1 Å². The summed E-state index contributed by atoms with van der Waals surface area (Å²) in [4.78, 5) is 38.1. The van der Waals surface area contributed by atoms with Crippen LogP contribution in [0.15, 0.2) is 116 Å². The molecular weight excluding hydrogens is 514 g/mol. The summed E-state index contributed by atoms with van der Waals surface area (Å²) in [5.41, 5.74) is 1.87. The number of amides is 1. The highest BCUT2D eigenvalue weighted by Gasteiger charge is 2.37. The van der Waals surface area contributed by atoms with E-state index >= 15 is 0 Å². The molecule has 2 aromatic heterocycles.